The number of nitrogens with one attached hydrogen (secondary N) is 1. The molecule has 0 saturated heterocycles. The van der Waals surface area contributed by atoms with Gasteiger partial charge in [0.2, 0.25) is 0 Å². The Balaban J connectivity index is 5.96. The molecule has 1 atom stereocenters. The Hall–Kier alpha value is -1.80. The lowest BCUT2D eigenvalue weighted by Crippen LogP contribution is -2.62. The number of hydrogen-bond donors (Lipinski definition) is 1. The first-order chi connectivity index (χ1) is 11.1. The second-order valence-corrected chi connectivity index (χ2v) is 5.88. The zero-order valence-corrected chi connectivity index (χ0v) is 13.4. The van der Waals surface area contributed by atoms with Crippen LogP contribution in [0, 0.1) is 0 Å². The molecular weight excluding hydrogens is 385 g/mol. The van der Waals surface area contributed by atoms with Crippen molar-refractivity contribution < 1.29 is 54.0 Å². The summed E-state index contributed by atoms with van der Waals surface area (Å²) in [5, 5.41) is -3.71. The summed E-state index contributed by atoms with van der Waals surface area (Å²) in [5.41, 5.74) is 0. The molecule has 146 valence electrons. The van der Waals surface area contributed by atoms with Crippen LogP contribution < -0.4 is 5.32 Å². The zero-order chi connectivity index (χ0) is 20.1. The van der Waals surface area contributed by atoms with E-state index in [0.29, 0.717) is 0 Å². The van der Waals surface area contributed by atoms with Crippen LogP contribution in [0.15, 0.2) is 12.7 Å². The molecule has 0 rings (SSSR count). The molecule has 0 saturated carbocycles. The van der Waals surface area contributed by atoms with Gasteiger partial charge in [0.15, 0.2) is 10.1 Å². The van der Waals surface area contributed by atoms with Crippen LogP contribution in [0.5, 0.6) is 0 Å². The minimum absolute atomic E-state index is 0.111. The monoisotopic (exact) mass is 398 g/mol. The number of ether oxygens (including phenoxy) is 2. The highest BCUT2D eigenvalue weighted by Gasteiger charge is 2.67. The van der Waals surface area contributed by atoms with Gasteiger partial charge in [-0.15, -0.1) is 0 Å². The molecule has 14 heteroatoms. The highest BCUT2D eigenvalue weighted by molar-refractivity contribution is 7.86. The van der Waals surface area contributed by atoms with Crippen molar-refractivity contribution in [2.45, 2.75) is 30.6 Å². The predicted molar refractivity (Wildman–Crippen MR) is 69.0 cm³/mol. The Morgan fingerprint density at radius 3 is 2.12 bits per heavy atom. The van der Waals surface area contributed by atoms with Crippen molar-refractivity contribution in [2.75, 3.05) is 13.2 Å². The smallest absolute Gasteiger partial charge is 0.466 e. The Labute approximate surface area is 138 Å². The Morgan fingerprint density at radius 1 is 1.24 bits per heavy atom. The quantitative estimate of drug-likeness (QED) is 0.199. The SMILES string of the molecule is C=CC(=O)OC(OCC(F)(F)S(=O)(=O)[O-])(C(=O)NCCC)C(F)(F)F. The average molecular weight is 398 g/mol. The maximum absolute atomic E-state index is 13.3. The molecule has 0 bridgehead atoms. The van der Waals surface area contributed by atoms with Gasteiger partial charge in [-0.25, -0.2) is 13.2 Å². The van der Waals surface area contributed by atoms with Gasteiger partial charge in [0.25, 0.3) is 0 Å². The fourth-order valence-corrected chi connectivity index (χ4v) is 1.41. The number of carbonyl (C=O) groups is 2. The number of halogens is 5. The lowest BCUT2D eigenvalue weighted by Gasteiger charge is -2.34. The van der Waals surface area contributed by atoms with E-state index in [4.69, 9.17) is 0 Å². The van der Waals surface area contributed by atoms with Gasteiger partial charge in [0, 0.05) is 12.6 Å². The number of esters is 1. The van der Waals surface area contributed by atoms with Crippen LogP contribution in [0.2, 0.25) is 0 Å². The van der Waals surface area contributed by atoms with Gasteiger partial charge in [-0.1, -0.05) is 13.5 Å². The molecule has 0 heterocycles. The molecule has 0 aliphatic carbocycles. The number of rotatable bonds is 9. The van der Waals surface area contributed by atoms with Crippen molar-refractivity contribution >= 4 is 22.0 Å². The summed E-state index contributed by atoms with van der Waals surface area (Å²) in [5.74, 6) is -8.69. The fraction of sp³-hybridized carbons (Fsp3) is 0.636. The van der Waals surface area contributed by atoms with Gasteiger partial charge in [-0.2, -0.15) is 22.0 Å². The van der Waals surface area contributed by atoms with Crippen LogP contribution in [0.3, 0.4) is 0 Å². The van der Waals surface area contributed by atoms with Gasteiger partial charge in [-0.3, -0.25) is 4.79 Å². The van der Waals surface area contributed by atoms with Gasteiger partial charge in [-0.05, 0) is 6.42 Å². The molecular formula is C11H13F5NO7S-. The van der Waals surface area contributed by atoms with E-state index >= 15 is 0 Å². The summed E-state index contributed by atoms with van der Waals surface area (Å²) >= 11 is 0. The zero-order valence-electron chi connectivity index (χ0n) is 12.6. The standard InChI is InChI=1S/C11H14F5NO7S/c1-3-5-17-8(19)10(11(14,15)16,24-7(18)4-2)23-6-9(12,13)25(20,21)22/h4H,2-3,5-6H2,1H3,(H,17,19)(H,20,21,22)/p-1. The lowest BCUT2D eigenvalue weighted by molar-refractivity contribution is -0.352. The largest absolute Gasteiger partial charge is 0.743 e. The van der Waals surface area contributed by atoms with E-state index in [-0.39, 0.29) is 19.0 Å². The molecule has 0 spiro atoms. The molecule has 0 radical (unpaired) electrons. The van der Waals surface area contributed by atoms with Gasteiger partial charge in [0.05, 0.1) is 0 Å². The fourth-order valence-electron chi connectivity index (χ4n) is 1.21. The molecule has 0 aromatic heterocycles. The molecule has 25 heavy (non-hydrogen) atoms. The van der Waals surface area contributed by atoms with E-state index in [1.807, 2.05) is 0 Å². The summed E-state index contributed by atoms with van der Waals surface area (Å²) in [6.07, 6.45) is -5.61. The van der Waals surface area contributed by atoms with Crippen molar-refractivity contribution in [3.63, 3.8) is 0 Å². The molecule has 0 aliphatic heterocycles. The highest BCUT2D eigenvalue weighted by atomic mass is 32.2. The molecule has 0 aliphatic rings. The van der Waals surface area contributed by atoms with E-state index in [1.54, 1.807) is 5.32 Å². The van der Waals surface area contributed by atoms with Crippen molar-refractivity contribution in [3.05, 3.63) is 12.7 Å². The second kappa shape index (κ2) is 8.05. The number of alkyl halides is 5. The molecule has 0 aromatic carbocycles. The summed E-state index contributed by atoms with van der Waals surface area (Å²) in [6, 6.07) is 0. The topological polar surface area (TPSA) is 122 Å². The summed E-state index contributed by atoms with van der Waals surface area (Å²) < 4.78 is 104. The maximum atomic E-state index is 13.3. The van der Waals surface area contributed by atoms with E-state index in [9.17, 15) is 44.5 Å². The van der Waals surface area contributed by atoms with Gasteiger partial charge >= 0.3 is 29.1 Å². The van der Waals surface area contributed by atoms with Crippen LogP contribution in [0.25, 0.3) is 0 Å². The predicted octanol–water partition coefficient (Wildman–Crippen LogP) is 0.655. The second-order valence-electron chi connectivity index (χ2n) is 4.38. The van der Waals surface area contributed by atoms with E-state index in [2.05, 4.69) is 16.1 Å². The van der Waals surface area contributed by atoms with Gasteiger partial charge < -0.3 is 19.3 Å². The molecule has 0 fully saturated rings. The average Bonchev–Trinajstić information content (AvgIpc) is 2.46. The third-order valence-electron chi connectivity index (χ3n) is 2.43. The normalized spacial score (nSPS) is 15.2. The lowest BCUT2D eigenvalue weighted by atomic mass is 10.2. The number of carbonyl (C=O) groups excluding carboxylic acids is 2. The Morgan fingerprint density at radius 2 is 1.76 bits per heavy atom. The third-order valence-corrected chi connectivity index (χ3v) is 3.28. The van der Waals surface area contributed by atoms with Crippen LogP contribution in [0.1, 0.15) is 13.3 Å². The molecule has 1 amide bonds. The number of amides is 1. The van der Waals surface area contributed by atoms with E-state index < -0.39 is 45.8 Å². The van der Waals surface area contributed by atoms with Crippen LogP contribution >= 0.6 is 0 Å². The first-order valence-electron chi connectivity index (χ1n) is 6.32. The Bertz CT molecular complexity index is 619. The molecule has 1 unspecified atom stereocenters. The van der Waals surface area contributed by atoms with E-state index in [0.717, 1.165) is 0 Å². The maximum Gasteiger partial charge on any atom is 0.466 e. The Kier molecular flexibility index (Phi) is 7.47. The van der Waals surface area contributed by atoms with Crippen molar-refractivity contribution in [3.8, 4) is 0 Å². The third kappa shape index (κ3) is 5.61. The first kappa shape index (κ1) is 23.2. The summed E-state index contributed by atoms with van der Waals surface area (Å²) in [6.45, 7) is 1.13. The van der Waals surface area contributed by atoms with Crippen LogP contribution in [-0.2, 0) is 29.2 Å². The first-order valence-corrected chi connectivity index (χ1v) is 7.73. The molecule has 1 N–H and O–H groups in total. The summed E-state index contributed by atoms with van der Waals surface area (Å²) in [4.78, 5) is 22.9. The van der Waals surface area contributed by atoms with Crippen molar-refractivity contribution in [1.29, 1.82) is 0 Å². The van der Waals surface area contributed by atoms with Gasteiger partial charge in [0.1, 0.15) is 6.61 Å². The van der Waals surface area contributed by atoms with Crippen molar-refractivity contribution in [1.82, 2.24) is 5.32 Å². The minimum atomic E-state index is -6.41. The minimum Gasteiger partial charge on any atom is -0.743 e. The van der Waals surface area contributed by atoms with Crippen molar-refractivity contribution in [2.24, 2.45) is 0 Å². The number of hydrogen-bond acceptors (Lipinski definition) is 7. The summed E-state index contributed by atoms with van der Waals surface area (Å²) in [7, 11) is -6.41. The molecule has 0 aromatic rings. The van der Waals surface area contributed by atoms with Crippen LogP contribution in [0.4, 0.5) is 22.0 Å². The molecule has 8 nitrogen and oxygen atoms in total. The highest BCUT2D eigenvalue weighted by Crippen LogP contribution is 2.37. The van der Waals surface area contributed by atoms with E-state index in [1.165, 1.54) is 6.92 Å². The van der Waals surface area contributed by atoms with Crippen LogP contribution in [-0.4, -0.2) is 55.2 Å².